The number of benzene rings is 3. The van der Waals surface area contributed by atoms with Crippen molar-refractivity contribution in [3.8, 4) is 17.2 Å². The molecule has 0 bridgehead atoms. The van der Waals surface area contributed by atoms with Crippen LogP contribution in [0.15, 0.2) is 152 Å². The molecular formula is C40H35Cu2I2N3O6. The van der Waals surface area contributed by atoms with E-state index in [0.717, 1.165) is 12.8 Å². The van der Waals surface area contributed by atoms with E-state index in [1.54, 1.807) is 40.7 Å². The van der Waals surface area contributed by atoms with Crippen LogP contribution >= 0.6 is 40.7 Å². The van der Waals surface area contributed by atoms with Gasteiger partial charge in [0.2, 0.25) is 0 Å². The summed E-state index contributed by atoms with van der Waals surface area (Å²) in [5.41, 5.74) is 3.61. The molecule has 0 aliphatic heterocycles. The Morgan fingerprint density at radius 3 is 0.906 bits per heavy atom. The van der Waals surface area contributed by atoms with E-state index in [4.69, 9.17) is 14.2 Å². The molecule has 6 rings (SSSR count). The third kappa shape index (κ3) is 17.6. The number of ether oxygens (including phenoxy) is 3. The zero-order valence-electron chi connectivity index (χ0n) is 28.5. The molecule has 3 aromatic carbocycles. The van der Waals surface area contributed by atoms with E-state index in [9.17, 15) is 14.4 Å². The van der Waals surface area contributed by atoms with Crippen LogP contribution in [0, 0.1) is 0 Å². The van der Waals surface area contributed by atoms with Gasteiger partial charge in [0.15, 0.2) is 0 Å². The fourth-order valence-electron chi connectivity index (χ4n) is 4.11. The third-order valence-electron chi connectivity index (χ3n) is 6.74. The Labute approximate surface area is 348 Å². The molecule has 282 valence electrons. The van der Waals surface area contributed by atoms with Crippen LogP contribution in [-0.4, -0.2) is 32.9 Å². The molecular weight excluding hydrogens is 999 g/mol. The van der Waals surface area contributed by atoms with Gasteiger partial charge in [0, 0.05) is 55.4 Å². The number of pyridine rings is 3. The normalized spacial score (nSPS) is 9.36. The monoisotopic (exact) mass is 1030 g/mol. The van der Waals surface area contributed by atoms with Gasteiger partial charge in [0.25, 0.3) is 0 Å². The molecule has 0 atom stereocenters. The number of hydrogen-bond donors (Lipinski definition) is 0. The number of hydrogen-bond acceptors (Lipinski definition) is 9. The van der Waals surface area contributed by atoms with Gasteiger partial charge in [-0.3, -0.25) is 15.0 Å². The fourth-order valence-corrected chi connectivity index (χ4v) is 4.11. The first-order valence-corrected chi connectivity index (χ1v) is 21.8. The first-order valence-electron chi connectivity index (χ1n) is 15.8. The van der Waals surface area contributed by atoms with Gasteiger partial charge in [-0.25, -0.2) is 14.4 Å². The second-order valence-electron chi connectivity index (χ2n) is 10.2. The van der Waals surface area contributed by atoms with Crippen molar-refractivity contribution >= 4 is 58.6 Å². The van der Waals surface area contributed by atoms with Crippen molar-refractivity contribution in [2.45, 2.75) is 26.7 Å². The standard InChI is InChI=1S/C24H15N3O6.2C8H10.2Cu.2HI/c28-22(16-1-7-25-8-2-16)31-19-13-20(32-23(29)17-3-9-26-10-4-17)15-21(14-19)33-24(30)18-5-11-27-12-6-18;2*1-2-8-6-4-3-5-7-8;;;;/h1-15H;2*3-7H,2H2,1H3;;;2*1H/q;;;2*+1;;/p-2. The summed E-state index contributed by atoms with van der Waals surface area (Å²) in [5.74, 6) is -1.97. The molecule has 0 fully saturated rings. The van der Waals surface area contributed by atoms with Crippen molar-refractivity contribution in [2.24, 2.45) is 0 Å². The average Bonchev–Trinajstić information content (AvgIpc) is 3.24. The predicted octanol–water partition coefficient (Wildman–Crippen LogP) is 9.79. The number of carbonyl (C=O) groups is 3. The number of halogens is 2. The van der Waals surface area contributed by atoms with Crippen LogP contribution in [0.25, 0.3) is 0 Å². The summed E-state index contributed by atoms with van der Waals surface area (Å²) in [4.78, 5) is 48.9. The van der Waals surface area contributed by atoms with Crippen LogP contribution in [0.1, 0.15) is 56.0 Å². The number of nitrogens with zero attached hydrogens (tertiary/aromatic N) is 3. The molecule has 0 saturated heterocycles. The fraction of sp³-hybridized carbons (Fsp3) is 0.100. The molecule has 53 heavy (non-hydrogen) atoms. The van der Waals surface area contributed by atoms with Crippen molar-refractivity contribution in [1.29, 1.82) is 0 Å². The Bertz CT molecular complexity index is 1700. The minimum atomic E-state index is -0.665. The van der Waals surface area contributed by atoms with E-state index in [-0.39, 0.29) is 33.9 Å². The van der Waals surface area contributed by atoms with Gasteiger partial charge in [0.05, 0.1) is 16.7 Å². The second kappa shape index (κ2) is 27.6. The summed E-state index contributed by atoms with van der Waals surface area (Å²) in [6.45, 7) is 4.32. The Morgan fingerprint density at radius 2 is 0.698 bits per heavy atom. The Kier molecular flexibility index (Phi) is 23.5. The molecule has 0 aliphatic rings. The van der Waals surface area contributed by atoms with Gasteiger partial charge < -0.3 is 14.2 Å². The number of aromatic nitrogens is 3. The molecule has 0 radical (unpaired) electrons. The maximum absolute atomic E-state index is 12.4. The Morgan fingerprint density at radius 1 is 0.453 bits per heavy atom. The van der Waals surface area contributed by atoms with Crippen molar-refractivity contribution in [2.75, 3.05) is 0 Å². The molecule has 0 amide bonds. The van der Waals surface area contributed by atoms with Gasteiger partial charge in [0.1, 0.15) is 17.2 Å². The van der Waals surface area contributed by atoms with Crippen LogP contribution in [0.4, 0.5) is 0 Å². The summed E-state index contributed by atoms with van der Waals surface area (Å²) in [7, 11) is 0. The average molecular weight is 1030 g/mol. The summed E-state index contributed by atoms with van der Waals surface area (Å²) >= 11 is 11.7. The second-order valence-corrected chi connectivity index (χ2v) is 10.2. The topological polar surface area (TPSA) is 118 Å². The quantitative estimate of drug-likeness (QED) is 0.0636. The molecule has 3 aromatic heterocycles. The first-order chi connectivity index (χ1) is 25.9. The summed E-state index contributed by atoms with van der Waals surface area (Å²) < 4.78 is 16.2. The van der Waals surface area contributed by atoms with E-state index in [1.165, 1.54) is 103 Å². The van der Waals surface area contributed by atoms with Crippen molar-refractivity contribution in [3.05, 3.63) is 180 Å². The van der Waals surface area contributed by atoms with Crippen LogP contribution in [-0.2, 0) is 38.4 Å². The van der Waals surface area contributed by atoms with E-state index in [0.29, 0.717) is 0 Å². The van der Waals surface area contributed by atoms with Crippen LogP contribution in [0.2, 0.25) is 0 Å². The van der Waals surface area contributed by atoms with Gasteiger partial charge in [-0.15, -0.1) is 0 Å². The van der Waals surface area contributed by atoms with Crippen LogP contribution in [0.5, 0.6) is 17.2 Å². The van der Waals surface area contributed by atoms with E-state index in [2.05, 4.69) is 103 Å². The molecule has 3 heterocycles. The number of rotatable bonds is 8. The van der Waals surface area contributed by atoms with E-state index < -0.39 is 17.9 Å². The molecule has 6 aromatic rings. The zero-order chi connectivity index (χ0) is 38.7. The molecule has 0 unspecified atom stereocenters. The number of aryl methyl sites for hydroxylation is 2. The summed E-state index contributed by atoms with van der Waals surface area (Å²) in [5, 5.41) is 0. The van der Waals surface area contributed by atoms with Gasteiger partial charge in [-0.2, -0.15) is 0 Å². The molecule has 0 aliphatic carbocycles. The van der Waals surface area contributed by atoms with Gasteiger partial charge >= 0.3 is 84.1 Å². The maximum atomic E-state index is 12.4. The minimum absolute atomic E-state index is 0.00867. The Hall–Kier alpha value is -3.98. The molecule has 0 spiro atoms. The first kappa shape index (κ1) is 45.2. The van der Waals surface area contributed by atoms with Crippen molar-refractivity contribution < 1.29 is 54.1 Å². The number of esters is 3. The summed E-state index contributed by atoms with van der Waals surface area (Å²) in [6, 6.07) is 33.8. The van der Waals surface area contributed by atoms with Gasteiger partial charge in [-0.05, 0) is 60.4 Å². The SMILES string of the molecule is CCc1ccccc1.CCc1ccccc1.O=C(Oc1cc(OC(=O)c2ccncc2)cc(OC(=O)c2ccncc2)c1)c1ccncc1.[Cu][I].[Cu][I]. The zero-order valence-corrected chi connectivity index (χ0v) is 34.7. The number of carbonyl (C=O) groups excluding carboxylic acids is 3. The van der Waals surface area contributed by atoms with Crippen molar-refractivity contribution in [1.82, 2.24) is 15.0 Å². The van der Waals surface area contributed by atoms with Crippen LogP contribution < -0.4 is 14.2 Å². The van der Waals surface area contributed by atoms with Crippen LogP contribution in [0.3, 0.4) is 0 Å². The predicted molar refractivity (Wildman–Crippen MR) is 214 cm³/mol. The molecule has 0 N–H and O–H groups in total. The van der Waals surface area contributed by atoms with Crippen molar-refractivity contribution in [3.63, 3.8) is 0 Å². The van der Waals surface area contributed by atoms with E-state index >= 15 is 0 Å². The van der Waals surface area contributed by atoms with E-state index in [1.807, 2.05) is 12.1 Å². The molecule has 13 heteroatoms. The molecule has 9 nitrogen and oxygen atoms in total. The third-order valence-corrected chi connectivity index (χ3v) is 6.74. The Balaban J connectivity index is 0.000000395. The summed E-state index contributed by atoms with van der Waals surface area (Å²) in [6.07, 6.45) is 11.0. The molecule has 0 saturated carbocycles. The van der Waals surface area contributed by atoms with Gasteiger partial charge in [-0.1, -0.05) is 74.5 Å².